The van der Waals surface area contributed by atoms with Gasteiger partial charge in [0.1, 0.15) is 6.54 Å². The largest absolute Gasteiger partial charge is 0.454 e. The Morgan fingerprint density at radius 2 is 1.71 bits per heavy atom. The van der Waals surface area contributed by atoms with E-state index in [-0.39, 0.29) is 35.5 Å². The number of carbonyl (C=O) groups is 2. The molecule has 1 amide bonds. The predicted octanol–water partition coefficient (Wildman–Crippen LogP) is 4.17. The van der Waals surface area contributed by atoms with Crippen molar-refractivity contribution in [1.29, 1.82) is 0 Å². The number of halogens is 3. The van der Waals surface area contributed by atoms with Crippen LogP contribution in [0.25, 0.3) is 11.5 Å². The quantitative estimate of drug-likeness (QED) is 0.578. The molecule has 3 aromatic rings. The van der Waals surface area contributed by atoms with Crippen molar-refractivity contribution in [3.63, 3.8) is 0 Å². The molecule has 2 aromatic carbocycles. The van der Waals surface area contributed by atoms with Gasteiger partial charge in [-0.15, -0.1) is 10.2 Å². The van der Waals surface area contributed by atoms with Gasteiger partial charge in [-0.25, -0.2) is 0 Å². The van der Waals surface area contributed by atoms with E-state index >= 15 is 0 Å². The molecule has 1 heterocycles. The van der Waals surface area contributed by atoms with Crippen molar-refractivity contribution in [2.24, 2.45) is 0 Å². The number of amides is 1. The van der Waals surface area contributed by atoms with Gasteiger partial charge in [-0.1, -0.05) is 34.8 Å². The number of aromatic nitrogens is 2. The molecule has 144 valence electrons. The van der Waals surface area contributed by atoms with Gasteiger partial charge in [0.15, 0.2) is 6.61 Å². The first-order chi connectivity index (χ1) is 13.4. The second-order valence-electron chi connectivity index (χ2n) is 5.48. The van der Waals surface area contributed by atoms with Gasteiger partial charge < -0.3 is 14.5 Å². The monoisotopic (exact) mass is 439 g/mol. The van der Waals surface area contributed by atoms with Crippen molar-refractivity contribution in [2.45, 2.75) is 6.61 Å². The van der Waals surface area contributed by atoms with Crippen molar-refractivity contribution in [1.82, 2.24) is 15.5 Å². The summed E-state index contributed by atoms with van der Waals surface area (Å²) >= 11 is 17.6. The number of nitrogens with zero attached hydrogens (tertiary/aromatic N) is 2. The highest BCUT2D eigenvalue weighted by Gasteiger charge is 2.14. The van der Waals surface area contributed by atoms with Crippen LogP contribution in [0.5, 0.6) is 0 Å². The Morgan fingerprint density at radius 3 is 2.43 bits per heavy atom. The summed E-state index contributed by atoms with van der Waals surface area (Å²) < 4.78 is 10.4. The van der Waals surface area contributed by atoms with E-state index in [9.17, 15) is 9.59 Å². The topological polar surface area (TPSA) is 94.3 Å². The third kappa shape index (κ3) is 5.22. The van der Waals surface area contributed by atoms with Gasteiger partial charge in [-0.2, -0.15) is 0 Å². The lowest BCUT2D eigenvalue weighted by Gasteiger charge is -2.06. The number of rotatable bonds is 6. The van der Waals surface area contributed by atoms with Crippen molar-refractivity contribution in [2.75, 3.05) is 6.54 Å². The average Bonchev–Trinajstić information content (AvgIpc) is 3.14. The zero-order chi connectivity index (χ0) is 20.1. The van der Waals surface area contributed by atoms with Gasteiger partial charge in [0, 0.05) is 15.6 Å². The molecular formula is C18H12Cl3N3O4. The fourth-order valence-electron chi connectivity index (χ4n) is 2.14. The molecule has 0 unspecified atom stereocenters. The van der Waals surface area contributed by atoms with Crippen LogP contribution in [0.3, 0.4) is 0 Å². The van der Waals surface area contributed by atoms with Gasteiger partial charge in [0.25, 0.3) is 11.8 Å². The number of esters is 1. The fourth-order valence-corrected chi connectivity index (χ4v) is 2.76. The molecule has 0 saturated heterocycles. The van der Waals surface area contributed by atoms with Crippen LogP contribution in [0.2, 0.25) is 15.1 Å². The summed E-state index contributed by atoms with van der Waals surface area (Å²) in [5.41, 5.74) is 0.880. The van der Waals surface area contributed by atoms with Crippen LogP contribution in [-0.4, -0.2) is 28.6 Å². The third-order valence-electron chi connectivity index (χ3n) is 3.48. The maximum absolute atomic E-state index is 12.0. The SMILES string of the molecule is O=C(CNC(=O)c1ccc(Cl)cc1Cl)OCc1nnc(-c2ccc(Cl)cc2)o1. The van der Waals surface area contributed by atoms with E-state index in [0.717, 1.165) is 0 Å². The van der Waals surface area contributed by atoms with E-state index in [1.807, 2.05) is 0 Å². The molecule has 7 nitrogen and oxygen atoms in total. The molecule has 0 aliphatic carbocycles. The Bertz CT molecular complexity index is 1010. The van der Waals surface area contributed by atoms with Crippen LogP contribution in [0.1, 0.15) is 16.2 Å². The minimum Gasteiger partial charge on any atom is -0.454 e. The summed E-state index contributed by atoms with van der Waals surface area (Å²) in [6.07, 6.45) is 0. The Labute approximate surface area is 174 Å². The summed E-state index contributed by atoms with van der Waals surface area (Å²) in [4.78, 5) is 23.9. The van der Waals surface area contributed by atoms with Crippen molar-refractivity contribution in [3.8, 4) is 11.5 Å². The first-order valence-electron chi connectivity index (χ1n) is 7.89. The lowest BCUT2D eigenvalue weighted by atomic mass is 10.2. The molecule has 0 saturated carbocycles. The van der Waals surface area contributed by atoms with Gasteiger partial charge >= 0.3 is 5.97 Å². The highest BCUT2D eigenvalue weighted by atomic mass is 35.5. The van der Waals surface area contributed by atoms with Crippen molar-refractivity contribution < 1.29 is 18.7 Å². The number of hydrogen-bond acceptors (Lipinski definition) is 6. The summed E-state index contributed by atoms with van der Waals surface area (Å²) in [6.45, 7) is -0.576. The maximum atomic E-state index is 12.0. The van der Waals surface area contributed by atoms with E-state index in [1.54, 1.807) is 24.3 Å². The standard InChI is InChI=1S/C18H12Cl3N3O4/c19-11-3-1-10(2-4-11)18-24-23-15(28-18)9-27-16(25)8-22-17(26)13-6-5-12(20)7-14(13)21/h1-7H,8-9H2,(H,22,26). The van der Waals surface area contributed by atoms with E-state index in [1.165, 1.54) is 18.2 Å². The molecule has 0 aliphatic heterocycles. The molecule has 0 atom stereocenters. The first kappa shape index (κ1) is 20.1. The maximum Gasteiger partial charge on any atom is 0.325 e. The molecule has 0 spiro atoms. The van der Waals surface area contributed by atoms with E-state index < -0.39 is 11.9 Å². The minimum atomic E-state index is -0.676. The zero-order valence-corrected chi connectivity index (χ0v) is 16.4. The smallest absolute Gasteiger partial charge is 0.325 e. The predicted molar refractivity (Wildman–Crippen MR) is 103 cm³/mol. The second kappa shape index (κ2) is 9.05. The summed E-state index contributed by atoms with van der Waals surface area (Å²) in [5, 5.41) is 11.3. The minimum absolute atomic E-state index is 0.116. The summed E-state index contributed by atoms with van der Waals surface area (Å²) in [5.74, 6) is -0.815. The Kier molecular flexibility index (Phi) is 6.51. The van der Waals surface area contributed by atoms with Crippen molar-refractivity contribution in [3.05, 3.63) is 69.0 Å². The van der Waals surface area contributed by atoms with Crippen LogP contribution < -0.4 is 5.32 Å². The molecule has 0 fully saturated rings. The molecule has 0 radical (unpaired) electrons. The first-order valence-corrected chi connectivity index (χ1v) is 9.03. The normalized spacial score (nSPS) is 10.5. The lowest BCUT2D eigenvalue weighted by Crippen LogP contribution is -2.30. The van der Waals surface area contributed by atoms with E-state index in [0.29, 0.717) is 15.6 Å². The molecule has 1 N–H and O–H groups in total. The van der Waals surface area contributed by atoms with Gasteiger partial charge in [0.05, 0.1) is 10.6 Å². The summed E-state index contributed by atoms with van der Waals surface area (Å²) in [7, 11) is 0. The molecule has 10 heteroatoms. The van der Waals surface area contributed by atoms with E-state index in [4.69, 9.17) is 44.0 Å². The molecule has 3 rings (SSSR count). The highest BCUT2D eigenvalue weighted by molar-refractivity contribution is 6.36. The molecule has 1 aromatic heterocycles. The van der Waals surface area contributed by atoms with Crippen LogP contribution in [-0.2, 0) is 16.1 Å². The van der Waals surface area contributed by atoms with Gasteiger partial charge in [0.2, 0.25) is 5.89 Å². The van der Waals surface area contributed by atoms with Crippen molar-refractivity contribution >= 4 is 46.7 Å². The van der Waals surface area contributed by atoms with Gasteiger partial charge in [-0.05, 0) is 42.5 Å². The number of nitrogens with one attached hydrogen (secondary N) is 1. The van der Waals surface area contributed by atoms with Crippen LogP contribution in [0.15, 0.2) is 46.9 Å². The number of ether oxygens (including phenoxy) is 1. The van der Waals surface area contributed by atoms with E-state index in [2.05, 4.69) is 15.5 Å². The molecule has 0 aliphatic rings. The highest BCUT2D eigenvalue weighted by Crippen LogP contribution is 2.21. The number of hydrogen-bond donors (Lipinski definition) is 1. The second-order valence-corrected chi connectivity index (χ2v) is 6.76. The third-order valence-corrected chi connectivity index (χ3v) is 4.28. The summed E-state index contributed by atoms with van der Waals surface area (Å²) in [6, 6.07) is 11.2. The Morgan fingerprint density at radius 1 is 1.00 bits per heavy atom. The molecule has 28 heavy (non-hydrogen) atoms. The fraction of sp³-hybridized carbons (Fsp3) is 0.111. The van der Waals surface area contributed by atoms with Crippen LogP contribution in [0, 0.1) is 0 Å². The molecule has 0 bridgehead atoms. The average molecular weight is 441 g/mol. The number of carbonyl (C=O) groups excluding carboxylic acids is 2. The molecular weight excluding hydrogens is 429 g/mol. The lowest BCUT2D eigenvalue weighted by molar-refractivity contribution is -0.144. The van der Waals surface area contributed by atoms with Crippen LogP contribution >= 0.6 is 34.8 Å². The zero-order valence-electron chi connectivity index (χ0n) is 14.1. The Balaban J connectivity index is 1.49. The Hall–Kier alpha value is -2.61. The van der Waals surface area contributed by atoms with Gasteiger partial charge in [-0.3, -0.25) is 9.59 Å². The number of benzene rings is 2. The van der Waals surface area contributed by atoms with Crippen LogP contribution in [0.4, 0.5) is 0 Å².